The van der Waals surface area contributed by atoms with Gasteiger partial charge < -0.3 is 14.8 Å². The highest BCUT2D eigenvalue weighted by Gasteiger charge is 2.26. The van der Waals surface area contributed by atoms with Gasteiger partial charge in [0.15, 0.2) is 0 Å². The fourth-order valence-electron chi connectivity index (χ4n) is 2.79. The first-order valence-corrected chi connectivity index (χ1v) is 6.50. The molecule has 0 saturated carbocycles. The van der Waals surface area contributed by atoms with E-state index in [0.29, 0.717) is 5.92 Å². The van der Waals surface area contributed by atoms with Crippen LogP contribution in [0.25, 0.3) is 0 Å². The molecule has 0 bridgehead atoms. The lowest BCUT2D eigenvalue weighted by molar-refractivity contribution is 0.228. The Morgan fingerprint density at radius 1 is 1.28 bits per heavy atom. The van der Waals surface area contributed by atoms with E-state index in [9.17, 15) is 0 Å². The number of likely N-dealkylation sites (tertiary alicyclic amines) is 1. The van der Waals surface area contributed by atoms with Crippen molar-refractivity contribution in [3.05, 3.63) is 29.8 Å². The molecule has 1 N–H and O–H groups in total. The van der Waals surface area contributed by atoms with Gasteiger partial charge in [0.25, 0.3) is 0 Å². The van der Waals surface area contributed by atoms with Gasteiger partial charge in [0.2, 0.25) is 0 Å². The highest BCUT2D eigenvalue weighted by molar-refractivity contribution is 5.84. The molecule has 18 heavy (non-hydrogen) atoms. The van der Waals surface area contributed by atoms with Gasteiger partial charge >= 0.3 is 0 Å². The Hall–Kier alpha value is -1.55. The van der Waals surface area contributed by atoms with Crippen LogP contribution in [-0.4, -0.2) is 42.1 Å². The Morgan fingerprint density at radius 3 is 2.83 bits per heavy atom. The van der Waals surface area contributed by atoms with Gasteiger partial charge in [-0.15, -0.1) is 0 Å². The molecule has 0 amide bonds. The number of rotatable bonds is 2. The average molecular weight is 246 g/mol. The first kappa shape index (κ1) is 11.5. The molecule has 0 radical (unpaired) electrons. The molecular formula is C14H18N2O2. The molecule has 2 aliphatic rings. The normalized spacial score (nSPS) is 23.6. The first-order valence-electron chi connectivity index (χ1n) is 6.50. The van der Waals surface area contributed by atoms with Crippen LogP contribution in [0.15, 0.2) is 29.4 Å². The molecule has 1 aromatic rings. The van der Waals surface area contributed by atoms with E-state index in [2.05, 4.69) is 22.2 Å². The van der Waals surface area contributed by atoms with Gasteiger partial charge in [0, 0.05) is 44.0 Å². The molecule has 4 heteroatoms. The number of benzene rings is 1. The van der Waals surface area contributed by atoms with Crippen LogP contribution in [0.5, 0.6) is 5.75 Å². The molecular weight excluding hydrogens is 228 g/mol. The number of nitrogens with zero attached hydrogens (tertiary/aromatic N) is 2. The van der Waals surface area contributed by atoms with Gasteiger partial charge in [-0.25, -0.2) is 0 Å². The smallest absolute Gasteiger partial charge is 0.122 e. The van der Waals surface area contributed by atoms with E-state index in [1.54, 1.807) is 0 Å². The van der Waals surface area contributed by atoms with Crippen molar-refractivity contribution in [2.45, 2.75) is 18.8 Å². The van der Waals surface area contributed by atoms with Crippen molar-refractivity contribution < 1.29 is 9.94 Å². The average Bonchev–Trinajstić information content (AvgIpc) is 2.83. The monoisotopic (exact) mass is 246 g/mol. The Morgan fingerprint density at radius 2 is 2.06 bits per heavy atom. The first-order chi connectivity index (χ1) is 8.86. The molecule has 3 rings (SSSR count). The second kappa shape index (κ2) is 4.98. The van der Waals surface area contributed by atoms with Crippen LogP contribution < -0.4 is 4.74 Å². The lowest BCUT2D eigenvalue weighted by Gasteiger charge is -2.28. The molecule has 2 aliphatic heterocycles. The number of para-hydroxylation sites is 1. The maximum absolute atomic E-state index is 8.74. The fraction of sp³-hybridized carbons (Fsp3) is 0.500. The summed E-state index contributed by atoms with van der Waals surface area (Å²) >= 11 is 0. The number of hydrogen-bond acceptors (Lipinski definition) is 4. The zero-order chi connectivity index (χ0) is 12.4. The van der Waals surface area contributed by atoms with E-state index >= 15 is 0 Å². The van der Waals surface area contributed by atoms with Crippen molar-refractivity contribution in [2.75, 3.05) is 26.2 Å². The maximum atomic E-state index is 8.74. The number of piperidine rings is 1. The summed E-state index contributed by atoms with van der Waals surface area (Å²) in [5, 5.41) is 12.1. The van der Waals surface area contributed by atoms with E-state index in [-0.39, 0.29) is 0 Å². The van der Waals surface area contributed by atoms with Crippen molar-refractivity contribution in [1.82, 2.24) is 4.90 Å². The molecule has 1 fully saturated rings. The third kappa shape index (κ3) is 2.20. The number of fused-ring (bicyclic) bond motifs is 1. The largest absolute Gasteiger partial charge is 0.493 e. The minimum atomic E-state index is 0.480. The van der Waals surface area contributed by atoms with Crippen molar-refractivity contribution in [2.24, 2.45) is 5.16 Å². The summed E-state index contributed by atoms with van der Waals surface area (Å²) in [6, 6.07) is 8.30. The topological polar surface area (TPSA) is 45.1 Å². The highest BCUT2D eigenvalue weighted by atomic mass is 16.5. The molecule has 2 heterocycles. The van der Waals surface area contributed by atoms with E-state index in [4.69, 9.17) is 9.94 Å². The van der Waals surface area contributed by atoms with Crippen LogP contribution in [0.3, 0.4) is 0 Å². The summed E-state index contributed by atoms with van der Waals surface area (Å²) in [5.74, 6) is 1.52. The third-order valence-corrected chi connectivity index (χ3v) is 3.85. The van der Waals surface area contributed by atoms with Crippen LogP contribution in [0, 0.1) is 0 Å². The molecule has 0 aromatic heterocycles. The molecule has 1 unspecified atom stereocenters. The lowest BCUT2D eigenvalue weighted by atomic mass is 9.99. The molecule has 96 valence electrons. The lowest BCUT2D eigenvalue weighted by Crippen LogP contribution is -2.37. The van der Waals surface area contributed by atoms with E-state index in [1.807, 2.05) is 12.1 Å². The molecule has 0 aliphatic carbocycles. The molecule has 1 saturated heterocycles. The maximum Gasteiger partial charge on any atom is 0.122 e. The van der Waals surface area contributed by atoms with Crippen LogP contribution in [0.1, 0.15) is 24.3 Å². The molecule has 1 aromatic carbocycles. The summed E-state index contributed by atoms with van der Waals surface area (Å²) in [6.45, 7) is 3.79. The summed E-state index contributed by atoms with van der Waals surface area (Å²) in [4.78, 5) is 2.44. The predicted molar refractivity (Wildman–Crippen MR) is 69.6 cm³/mol. The van der Waals surface area contributed by atoms with Crippen LogP contribution in [0.4, 0.5) is 0 Å². The zero-order valence-corrected chi connectivity index (χ0v) is 10.4. The Labute approximate surface area is 107 Å². The Kier molecular flexibility index (Phi) is 3.19. The SMILES string of the molecule is ON=C1CCN(CC2COc3ccccc32)CC1. The van der Waals surface area contributed by atoms with Crippen LogP contribution in [-0.2, 0) is 0 Å². The minimum absolute atomic E-state index is 0.480. The van der Waals surface area contributed by atoms with Crippen LogP contribution >= 0.6 is 0 Å². The van der Waals surface area contributed by atoms with Gasteiger partial charge in [0.05, 0.1) is 12.3 Å². The summed E-state index contributed by atoms with van der Waals surface area (Å²) < 4.78 is 5.70. The van der Waals surface area contributed by atoms with Gasteiger partial charge in [0.1, 0.15) is 5.75 Å². The van der Waals surface area contributed by atoms with Crippen molar-refractivity contribution in [3.63, 3.8) is 0 Å². The second-order valence-corrected chi connectivity index (χ2v) is 5.01. The van der Waals surface area contributed by atoms with Gasteiger partial charge in [-0.2, -0.15) is 0 Å². The molecule has 0 spiro atoms. The number of hydrogen-bond donors (Lipinski definition) is 1. The quantitative estimate of drug-likeness (QED) is 0.642. The fourth-order valence-corrected chi connectivity index (χ4v) is 2.79. The predicted octanol–water partition coefficient (Wildman–Crippen LogP) is 2.09. The van der Waals surface area contributed by atoms with Crippen molar-refractivity contribution in [1.29, 1.82) is 0 Å². The molecule has 4 nitrogen and oxygen atoms in total. The van der Waals surface area contributed by atoms with Crippen molar-refractivity contribution >= 4 is 5.71 Å². The van der Waals surface area contributed by atoms with Gasteiger partial charge in [-0.3, -0.25) is 0 Å². The van der Waals surface area contributed by atoms with E-state index in [1.165, 1.54) is 5.56 Å². The van der Waals surface area contributed by atoms with Gasteiger partial charge in [-0.05, 0) is 6.07 Å². The summed E-state index contributed by atoms with van der Waals surface area (Å²) in [5.41, 5.74) is 2.26. The van der Waals surface area contributed by atoms with Crippen LogP contribution in [0.2, 0.25) is 0 Å². The third-order valence-electron chi connectivity index (χ3n) is 3.85. The van der Waals surface area contributed by atoms with E-state index < -0.39 is 0 Å². The number of ether oxygens (including phenoxy) is 1. The van der Waals surface area contributed by atoms with Crippen molar-refractivity contribution in [3.8, 4) is 5.75 Å². The van der Waals surface area contributed by atoms with Gasteiger partial charge in [-0.1, -0.05) is 23.4 Å². The number of oxime groups is 1. The highest BCUT2D eigenvalue weighted by Crippen LogP contribution is 2.34. The minimum Gasteiger partial charge on any atom is -0.493 e. The summed E-state index contributed by atoms with van der Waals surface area (Å²) in [6.07, 6.45) is 1.76. The second-order valence-electron chi connectivity index (χ2n) is 5.01. The molecule has 1 atom stereocenters. The van der Waals surface area contributed by atoms with E-state index in [0.717, 1.165) is 50.5 Å². The zero-order valence-electron chi connectivity index (χ0n) is 10.4. The summed E-state index contributed by atoms with van der Waals surface area (Å²) in [7, 11) is 0. The standard InChI is InChI=1S/C14H18N2O2/c17-15-12-5-7-16(8-6-12)9-11-10-18-14-4-2-1-3-13(11)14/h1-4,11,17H,5-10H2. The Balaban J connectivity index is 1.62. The Bertz CT molecular complexity index is 449.